The van der Waals surface area contributed by atoms with Gasteiger partial charge in [0.15, 0.2) is 0 Å². The quantitative estimate of drug-likeness (QED) is 0.186. The Hall–Kier alpha value is -3.08. The molecule has 2 aromatic carbocycles. The highest BCUT2D eigenvalue weighted by atomic mass is 32.3. The Bertz CT molecular complexity index is 1330. The lowest BCUT2D eigenvalue weighted by atomic mass is 10.1. The molecule has 0 fully saturated rings. The standard InChI is InChI=1S/C27H36F3N5O3S/c1-5-34(3)15-13-19(2)33-23-9-6-10-25-22(23)16-20(35(25)18-27(28,29)30)8-7-14-32-24-12-11-21(39(31,36)37)17-26(24)38-4/h6,9-12,16-17,19,32-33,36-37H,5,13-15,18,31H2,1-4H3. The molecule has 12 heteroatoms. The topological polar surface area (TPSA) is 108 Å². The van der Waals surface area contributed by atoms with Crippen LogP contribution in [0.5, 0.6) is 5.75 Å². The van der Waals surface area contributed by atoms with Crippen molar-refractivity contribution < 1.29 is 27.0 Å². The normalized spacial score (nSPS) is 13.2. The smallest absolute Gasteiger partial charge is 0.406 e. The van der Waals surface area contributed by atoms with Gasteiger partial charge in [-0.15, -0.1) is 10.8 Å². The zero-order valence-electron chi connectivity index (χ0n) is 22.5. The van der Waals surface area contributed by atoms with E-state index in [1.807, 2.05) is 13.1 Å². The largest absolute Gasteiger partial charge is 0.495 e. The maximum Gasteiger partial charge on any atom is 0.406 e. The van der Waals surface area contributed by atoms with Gasteiger partial charge in [0.2, 0.25) is 0 Å². The van der Waals surface area contributed by atoms with Crippen molar-refractivity contribution in [3.63, 3.8) is 0 Å². The number of nitrogens with zero attached hydrogens (tertiary/aromatic N) is 2. The van der Waals surface area contributed by atoms with Crippen molar-refractivity contribution in [2.75, 3.05) is 44.4 Å². The SMILES string of the molecule is CCN(C)CCC(C)Nc1cccc2c1cc(C#CCNc1ccc(S(N)(O)O)cc1OC)n2CC(F)(F)F. The first-order chi connectivity index (χ1) is 18.3. The summed E-state index contributed by atoms with van der Waals surface area (Å²) in [5.74, 6) is 6.08. The number of alkyl halides is 3. The Labute approximate surface area is 228 Å². The van der Waals surface area contributed by atoms with Crippen molar-refractivity contribution in [2.45, 2.75) is 43.9 Å². The molecule has 8 nitrogen and oxygen atoms in total. The van der Waals surface area contributed by atoms with Gasteiger partial charge in [0.25, 0.3) is 0 Å². The van der Waals surface area contributed by atoms with Crippen molar-refractivity contribution in [3.8, 4) is 17.6 Å². The number of rotatable bonds is 11. The molecule has 0 amide bonds. The van der Waals surface area contributed by atoms with Crippen LogP contribution in [0.4, 0.5) is 24.5 Å². The van der Waals surface area contributed by atoms with Crippen LogP contribution < -0.4 is 20.5 Å². The average molecular weight is 568 g/mol. The minimum absolute atomic E-state index is 0.106. The number of ether oxygens (including phenoxy) is 1. The van der Waals surface area contributed by atoms with Crippen molar-refractivity contribution in [1.82, 2.24) is 9.47 Å². The van der Waals surface area contributed by atoms with Crippen LogP contribution in [0, 0.1) is 11.8 Å². The minimum Gasteiger partial charge on any atom is -0.495 e. The molecule has 1 atom stereocenters. The van der Waals surface area contributed by atoms with E-state index in [2.05, 4.69) is 41.2 Å². The molecule has 1 unspecified atom stereocenters. The number of aromatic nitrogens is 1. The van der Waals surface area contributed by atoms with Crippen molar-refractivity contribution >= 4 is 33.1 Å². The van der Waals surface area contributed by atoms with Crippen molar-refractivity contribution in [3.05, 3.63) is 48.2 Å². The van der Waals surface area contributed by atoms with Crippen LogP contribution >= 0.6 is 10.8 Å². The Morgan fingerprint density at radius 2 is 1.92 bits per heavy atom. The van der Waals surface area contributed by atoms with E-state index in [4.69, 9.17) is 9.88 Å². The van der Waals surface area contributed by atoms with Gasteiger partial charge in [-0.05, 0) is 69.7 Å². The molecule has 3 rings (SSSR count). The highest BCUT2D eigenvalue weighted by Crippen LogP contribution is 2.43. The monoisotopic (exact) mass is 567 g/mol. The fourth-order valence-corrected chi connectivity index (χ4v) is 4.60. The highest BCUT2D eigenvalue weighted by Gasteiger charge is 2.30. The molecule has 3 aromatic rings. The second kappa shape index (κ2) is 12.8. The number of halogens is 3. The van der Waals surface area contributed by atoms with E-state index in [1.165, 1.54) is 23.8 Å². The highest BCUT2D eigenvalue weighted by molar-refractivity contribution is 8.22. The molecule has 39 heavy (non-hydrogen) atoms. The lowest BCUT2D eigenvalue weighted by molar-refractivity contribution is -0.140. The number of fused-ring (bicyclic) bond motifs is 1. The summed E-state index contributed by atoms with van der Waals surface area (Å²) in [4.78, 5) is 2.32. The summed E-state index contributed by atoms with van der Waals surface area (Å²) in [6.07, 6.45) is -3.53. The van der Waals surface area contributed by atoms with Gasteiger partial charge in [0.1, 0.15) is 12.3 Å². The van der Waals surface area contributed by atoms with E-state index in [-0.39, 0.29) is 23.2 Å². The molecule has 0 spiro atoms. The maximum atomic E-state index is 13.5. The first-order valence-corrected chi connectivity index (χ1v) is 14.0. The Kier molecular flexibility index (Phi) is 10.0. The number of nitrogens with one attached hydrogen (secondary N) is 2. The molecular weight excluding hydrogens is 531 g/mol. The van der Waals surface area contributed by atoms with Crippen LogP contribution in [-0.2, 0) is 6.54 Å². The Morgan fingerprint density at radius 3 is 2.56 bits per heavy atom. The van der Waals surface area contributed by atoms with Gasteiger partial charge in [-0.25, -0.2) is 5.14 Å². The summed E-state index contributed by atoms with van der Waals surface area (Å²) >= 11 is 0. The van der Waals surface area contributed by atoms with Gasteiger partial charge in [0, 0.05) is 23.2 Å². The molecule has 0 saturated heterocycles. The zero-order valence-corrected chi connectivity index (χ0v) is 23.3. The van der Waals surface area contributed by atoms with Gasteiger partial charge >= 0.3 is 6.18 Å². The Balaban J connectivity index is 1.86. The summed E-state index contributed by atoms with van der Waals surface area (Å²) in [7, 11) is 0.0623. The van der Waals surface area contributed by atoms with Crippen molar-refractivity contribution in [1.29, 1.82) is 0 Å². The molecule has 0 aliphatic heterocycles. The van der Waals surface area contributed by atoms with Gasteiger partial charge in [-0.1, -0.05) is 18.9 Å². The van der Waals surface area contributed by atoms with Crippen LogP contribution in [0.2, 0.25) is 0 Å². The first-order valence-electron chi connectivity index (χ1n) is 12.4. The third-order valence-corrected chi connectivity index (χ3v) is 7.22. The van der Waals surface area contributed by atoms with E-state index >= 15 is 0 Å². The van der Waals surface area contributed by atoms with Crippen LogP contribution in [-0.4, -0.2) is 64.6 Å². The zero-order chi connectivity index (χ0) is 28.8. The van der Waals surface area contributed by atoms with Gasteiger partial charge in [-0.2, -0.15) is 13.2 Å². The molecule has 0 aliphatic carbocycles. The van der Waals surface area contributed by atoms with Gasteiger partial charge < -0.3 is 24.8 Å². The van der Waals surface area contributed by atoms with E-state index < -0.39 is 23.5 Å². The third kappa shape index (κ3) is 8.45. The van der Waals surface area contributed by atoms with Crippen LogP contribution in [0.15, 0.2) is 47.4 Å². The van der Waals surface area contributed by atoms with E-state index in [9.17, 15) is 22.3 Å². The number of anilines is 2. The lowest BCUT2D eigenvalue weighted by Gasteiger charge is -2.26. The molecule has 0 bridgehead atoms. The number of hydrogen-bond acceptors (Lipinski definition) is 7. The third-order valence-electron chi connectivity index (χ3n) is 6.27. The summed E-state index contributed by atoms with van der Waals surface area (Å²) < 4.78 is 66.3. The van der Waals surface area contributed by atoms with E-state index in [1.54, 1.807) is 24.3 Å². The predicted molar refractivity (Wildman–Crippen MR) is 153 cm³/mol. The molecule has 0 saturated carbocycles. The fourth-order valence-electron chi connectivity index (χ4n) is 4.05. The minimum atomic E-state index is -4.42. The molecule has 1 aromatic heterocycles. The summed E-state index contributed by atoms with van der Waals surface area (Å²) in [6.45, 7) is 4.94. The second-order valence-corrected chi connectivity index (χ2v) is 11.0. The molecule has 214 valence electrons. The van der Waals surface area contributed by atoms with Gasteiger partial charge in [0.05, 0.1) is 35.4 Å². The summed E-state index contributed by atoms with van der Waals surface area (Å²) in [6, 6.07) is 11.5. The molecule has 0 aliphatic rings. The maximum absolute atomic E-state index is 13.5. The molecule has 0 radical (unpaired) electrons. The number of nitrogens with two attached hydrogens (primary N) is 1. The first kappa shape index (κ1) is 30.5. The fraction of sp³-hybridized carbons (Fsp3) is 0.407. The lowest BCUT2D eigenvalue weighted by Crippen LogP contribution is -2.25. The van der Waals surface area contributed by atoms with E-state index in [0.29, 0.717) is 22.3 Å². The summed E-state index contributed by atoms with van der Waals surface area (Å²) in [5.41, 5.74) is 1.97. The van der Waals surface area contributed by atoms with Crippen LogP contribution in [0.3, 0.4) is 0 Å². The molecule has 1 heterocycles. The second-order valence-electron chi connectivity index (χ2n) is 9.31. The number of methoxy groups -OCH3 is 1. The van der Waals surface area contributed by atoms with Crippen LogP contribution in [0.25, 0.3) is 10.9 Å². The number of hydrogen-bond donors (Lipinski definition) is 5. The average Bonchev–Trinajstić information content (AvgIpc) is 3.21. The summed E-state index contributed by atoms with van der Waals surface area (Å²) in [5, 5.41) is 12.5. The Morgan fingerprint density at radius 1 is 1.18 bits per heavy atom. The van der Waals surface area contributed by atoms with Crippen LogP contribution in [0.1, 0.15) is 26.0 Å². The molecule has 6 N–H and O–H groups in total. The van der Waals surface area contributed by atoms with Crippen molar-refractivity contribution in [2.24, 2.45) is 5.14 Å². The number of benzene rings is 2. The molecular formula is C27H36F3N5O3S. The predicted octanol–water partition coefficient (Wildman–Crippen LogP) is 5.80. The van der Waals surface area contributed by atoms with E-state index in [0.717, 1.165) is 25.2 Å². The van der Waals surface area contributed by atoms with Gasteiger partial charge in [-0.3, -0.25) is 9.11 Å².